The zero-order valence-electron chi connectivity index (χ0n) is 11.4. The van der Waals surface area contributed by atoms with Gasteiger partial charge in [-0.3, -0.25) is 9.59 Å². The van der Waals surface area contributed by atoms with Crippen LogP contribution in [-0.2, 0) is 16.6 Å². The van der Waals surface area contributed by atoms with E-state index in [0.29, 0.717) is 18.7 Å². The van der Waals surface area contributed by atoms with E-state index >= 15 is 0 Å². The van der Waals surface area contributed by atoms with Gasteiger partial charge in [0.1, 0.15) is 0 Å². The van der Waals surface area contributed by atoms with E-state index < -0.39 is 0 Å². The first-order valence-electron chi connectivity index (χ1n) is 6.83. The van der Waals surface area contributed by atoms with Gasteiger partial charge in [0, 0.05) is 44.5 Å². The third kappa shape index (κ3) is 2.54. The number of imidazole rings is 1. The normalized spacial score (nSPS) is 25.4. The predicted molar refractivity (Wildman–Crippen MR) is 75.2 cm³/mol. The van der Waals surface area contributed by atoms with Gasteiger partial charge in [0.25, 0.3) is 0 Å². The maximum Gasteiger partial charge on any atom is 0.233 e. The fraction of sp³-hybridized carbons (Fsp3) is 0.615. The van der Waals surface area contributed by atoms with Crippen molar-refractivity contribution >= 4 is 23.6 Å². The van der Waals surface area contributed by atoms with Gasteiger partial charge in [0.2, 0.25) is 11.8 Å². The van der Waals surface area contributed by atoms with Crippen LogP contribution in [0.2, 0.25) is 0 Å². The Labute approximate surface area is 121 Å². The van der Waals surface area contributed by atoms with Crippen molar-refractivity contribution in [3.8, 4) is 0 Å². The average Bonchev–Trinajstić information content (AvgIpc) is 2.94. The number of amides is 2. The fourth-order valence-electron chi connectivity index (χ4n) is 2.98. The van der Waals surface area contributed by atoms with E-state index in [4.69, 9.17) is 0 Å². The zero-order valence-corrected chi connectivity index (χ0v) is 12.2. The van der Waals surface area contributed by atoms with Crippen LogP contribution in [0.3, 0.4) is 0 Å². The first-order valence-corrected chi connectivity index (χ1v) is 7.81. The number of aryl methyl sites for hydroxylation is 1. The van der Waals surface area contributed by atoms with Crippen LogP contribution in [0.25, 0.3) is 0 Å². The lowest BCUT2D eigenvalue weighted by Crippen LogP contribution is -2.43. The molecule has 1 aromatic heterocycles. The Balaban J connectivity index is 1.65. The minimum atomic E-state index is 0.0618. The van der Waals surface area contributed by atoms with Crippen LogP contribution in [0, 0.1) is 0 Å². The van der Waals surface area contributed by atoms with Crippen LogP contribution in [0.5, 0.6) is 0 Å². The smallest absolute Gasteiger partial charge is 0.233 e. The Hall–Kier alpha value is -1.50. The number of nitrogens with zero attached hydrogens (tertiary/aromatic N) is 3. The van der Waals surface area contributed by atoms with Gasteiger partial charge in [0.15, 0.2) is 5.16 Å². The second-order valence-electron chi connectivity index (χ2n) is 5.30. The van der Waals surface area contributed by atoms with Crippen molar-refractivity contribution in [1.29, 1.82) is 0 Å². The highest BCUT2D eigenvalue weighted by Crippen LogP contribution is 2.29. The maximum absolute atomic E-state index is 12.5. The first-order chi connectivity index (χ1) is 9.65. The van der Waals surface area contributed by atoms with E-state index in [9.17, 15) is 9.59 Å². The number of nitrogens with one attached hydrogen (secondary N) is 1. The zero-order chi connectivity index (χ0) is 14.1. The molecule has 0 aromatic carbocycles. The summed E-state index contributed by atoms with van der Waals surface area (Å²) in [6, 6.07) is 0.248. The molecule has 3 heterocycles. The van der Waals surface area contributed by atoms with Crippen molar-refractivity contribution in [3.05, 3.63) is 12.4 Å². The molecule has 108 valence electrons. The molecule has 2 atom stereocenters. The molecule has 7 heteroatoms. The van der Waals surface area contributed by atoms with E-state index in [2.05, 4.69) is 10.3 Å². The number of hydrogen-bond acceptors (Lipinski definition) is 4. The number of rotatable bonds is 3. The molecule has 2 fully saturated rings. The van der Waals surface area contributed by atoms with Gasteiger partial charge in [-0.2, -0.15) is 0 Å². The molecular weight excluding hydrogens is 276 g/mol. The summed E-state index contributed by atoms with van der Waals surface area (Å²) in [5.41, 5.74) is 0. The summed E-state index contributed by atoms with van der Waals surface area (Å²) >= 11 is 1.45. The van der Waals surface area contributed by atoms with E-state index in [1.165, 1.54) is 11.8 Å². The molecule has 2 bridgehead atoms. The molecule has 1 aromatic rings. The summed E-state index contributed by atoms with van der Waals surface area (Å²) in [6.45, 7) is 0.591. The van der Waals surface area contributed by atoms with Gasteiger partial charge in [-0.1, -0.05) is 11.8 Å². The van der Waals surface area contributed by atoms with Crippen LogP contribution < -0.4 is 5.32 Å². The standard InChI is InChI=1S/C13H18N4O2S/c1-16-5-4-14-13(16)20-8-12(19)17-9-2-3-10(17)7-15-11(18)6-9/h4-5,9-10H,2-3,6-8H2,1H3,(H,15,18)/t9-,10+/m0/s1. The fourth-order valence-corrected chi connectivity index (χ4v) is 3.78. The Morgan fingerprint density at radius 1 is 1.50 bits per heavy atom. The van der Waals surface area contributed by atoms with Gasteiger partial charge >= 0.3 is 0 Å². The van der Waals surface area contributed by atoms with Crippen LogP contribution >= 0.6 is 11.8 Å². The molecule has 2 aliphatic rings. The van der Waals surface area contributed by atoms with Gasteiger partial charge in [-0.25, -0.2) is 4.98 Å². The molecule has 0 spiro atoms. The molecular formula is C13H18N4O2S. The van der Waals surface area contributed by atoms with Crippen LogP contribution in [0.15, 0.2) is 17.6 Å². The highest BCUT2D eigenvalue weighted by atomic mass is 32.2. The highest BCUT2D eigenvalue weighted by Gasteiger charge is 2.39. The number of hydrogen-bond donors (Lipinski definition) is 1. The van der Waals surface area contributed by atoms with Crippen LogP contribution in [0.1, 0.15) is 19.3 Å². The van der Waals surface area contributed by atoms with Crippen molar-refractivity contribution in [2.24, 2.45) is 7.05 Å². The van der Waals surface area contributed by atoms with Crippen molar-refractivity contribution in [2.45, 2.75) is 36.5 Å². The number of carbonyl (C=O) groups excluding carboxylic acids is 2. The molecule has 2 aliphatic heterocycles. The molecule has 0 aliphatic carbocycles. The molecule has 6 nitrogen and oxygen atoms in total. The minimum absolute atomic E-state index is 0.0618. The minimum Gasteiger partial charge on any atom is -0.354 e. The molecule has 0 radical (unpaired) electrons. The Kier molecular flexibility index (Phi) is 3.69. The molecule has 0 saturated carbocycles. The Morgan fingerprint density at radius 3 is 3.05 bits per heavy atom. The van der Waals surface area contributed by atoms with E-state index in [1.807, 2.05) is 22.7 Å². The lowest BCUT2D eigenvalue weighted by Gasteiger charge is -2.27. The number of carbonyl (C=O) groups is 2. The number of thioether (sulfide) groups is 1. The third-order valence-corrected chi connectivity index (χ3v) is 5.01. The van der Waals surface area contributed by atoms with E-state index in [0.717, 1.165) is 18.0 Å². The maximum atomic E-state index is 12.5. The largest absolute Gasteiger partial charge is 0.354 e. The van der Waals surface area contributed by atoms with Gasteiger partial charge < -0.3 is 14.8 Å². The molecule has 20 heavy (non-hydrogen) atoms. The van der Waals surface area contributed by atoms with Crippen molar-refractivity contribution in [3.63, 3.8) is 0 Å². The quantitative estimate of drug-likeness (QED) is 0.819. The van der Waals surface area contributed by atoms with Crippen molar-refractivity contribution in [1.82, 2.24) is 19.8 Å². The second kappa shape index (κ2) is 5.47. The van der Waals surface area contributed by atoms with Crippen LogP contribution in [-0.4, -0.2) is 50.6 Å². The summed E-state index contributed by atoms with van der Waals surface area (Å²) in [4.78, 5) is 30.1. The van der Waals surface area contributed by atoms with E-state index in [-0.39, 0.29) is 23.9 Å². The van der Waals surface area contributed by atoms with E-state index in [1.54, 1.807) is 6.20 Å². The number of fused-ring (bicyclic) bond motifs is 2. The topological polar surface area (TPSA) is 67.2 Å². The summed E-state index contributed by atoms with van der Waals surface area (Å²) < 4.78 is 1.90. The monoisotopic (exact) mass is 294 g/mol. The lowest BCUT2D eigenvalue weighted by atomic mass is 10.1. The van der Waals surface area contributed by atoms with Crippen LogP contribution in [0.4, 0.5) is 0 Å². The van der Waals surface area contributed by atoms with Crippen molar-refractivity contribution < 1.29 is 9.59 Å². The van der Waals surface area contributed by atoms with Gasteiger partial charge in [0.05, 0.1) is 5.75 Å². The third-order valence-electron chi connectivity index (χ3n) is 3.97. The average molecular weight is 294 g/mol. The molecule has 2 saturated heterocycles. The van der Waals surface area contributed by atoms with Gasteiger partial charge in [-0.15, -0.1) is 0 Å². The Bertz CT molecular complexity index is 530. The number of aromatic nitrogens is 2. The lowest BCUT2D eigenvalue weighted by molar-refractivity contribution is -0.131. The molecule has 1 N–H and O–H groups in total. The van der Waals surface area contributed by atoms with Crippen molar-refractivity contribution in [2.75, 3.05) is 12.3 Å². The Morgan fingerprint density at radius 2 is 2.30 bits per heavy atom. The second-order valence-corrected chi connectivity index (χ2v) is 6.25. The summed E-state index contributed by atoms with van der Waals surface area (Å²) in [5, 5.41) is 3.73. The molecule has 0 unspecified atom stereocenters. The summed E-state index contributed by atoms with van der Waals surface area (Å²) in [7, 11) is 1.91. The molecule has 3 rings (SSSR count). The van der Waals surface area contributed by atoms with Gasteiger partial charge in [-0.05, 0) is 12.8 Å². The molecule has 2 amide bonds. The first kappa shape index (κ1) is 13.5. The SMILES string of the molecule is Cn1ccnc1SCC(=O)N1[C@@H]2CC[C@H]1CC(=O)NC2. The summed E-state index contributed by atoms with van der Waals surface area (Å²) in [6.07, 6.45) is 5.96. The summed E-state index contributed by atoms with van der Waals surface area (Å²) in [5.74, 6) is 0.556. The highest BCUT2D eigenvalue weighted by molar-refractivity contribution is 7.99. The predicted octanol–water partition coefficient (Wildman–Crippen LogP) is 0.392.